The van der Waals surface area contributed by atoms with Gasteiger partial charge in [0.25, 0.3) is 0 Å². The Hall–Kier alpha value is -2.44. The van der Waals surface area contributed by atoms with E-state index in [1.807, 2.05) is 12.1 Å². The minimum Gasteiger partial charge on any atom is -0.497 e. The number of methoxy groups -OCH3 is 1. The summed E-state index contributed by atoms with van der Waals surface area (Å²) in [7, 11) is 1.68. The molecule has 0 amide bonds. The Morgan fingerprint density at radius 1 is 1.11 bits per heavy atom. The van der Waals surface area contributed by atoms with Crippen LogP contribution in [0.5, 0.6) is 5.75 Å². The molecule has 0 N–H and O–H groups in total. The van der Waals surface area contributed by atoms with Gasteiger partial charge in [-0.15, -0.1) is 0 Å². The van der Waals surface area contributed by atoms with Crippen molar-refractivity contribution in [2.45, 2.75) is 24.3 Å². The maximum absolute atomic E-state index is 13.4. The fourth-order valence-electron chi connectivity index (χ4n) is 4.53. The van der Waals surface area contributed by atoms with Crippen molar-refractivity contribution < 1.29 is 18.4 Å². The van der Waals surface area contributed by atoms with Crippen LogP contribution in [0, 0.1) is 5.82 Å². The lowest BCUT2D eigenvalue weighted by molar-refractivity contribution is -0.152. The van der Waals surface area contributed by atoms with Gasteiger partial charge in [-0.1, -0.05) is 17.3 Å². The first-order valence-corrected chi connectivity index (χ1v) is 9.72. The Morgan fingerprint density at radius 3 is 2.50 bits per heavy atom. The third-order valence-electron chi connectivity index (χ3n) is 6.26. The summed E-state index contributed by atoms with van der Waals surface area (Å²) >= 11 is 0. The molecule has 2 aromatic carbocycles. The second kappa shape index (κ2) is 6.87. The Kier molecular flexibility index (Phi) is 4.33. The third kappa shape index (κ3) is 2.79. The number of halogens is 1. The zero-order valence-corrected chi connectivity index (χ0v) is 15.9. The summed E-state index contributed by atoms with van der Waals surface area (Å²) in [5, 5.41) is 5.19. The summed E-state index contributed by atoms with van der Waals surface area (Å²) in [5.41, 5.74) is 2.71. The van der Waals surface area contributed by atoms with E-state index in [1.165, 1.54) is 17.7 Å². The van der Waals surface area contributed by atoms with Crippen LogP contribution in [0.15, 0.2) is 47.0 Å². The molecule has 0 aliphatic carbocycles. The zero-order chi connectivity index (χ0) is 19.1. The zero-order valence-electron chi connectivity index (χ0n) is 15.9. The largest absolute Gasteiger partial charge is 0.497 e. The van der Waals surface area contributed by atoms with Crippen LogP contribution in [0.25, 0.3) is 11.0 Å². The van der Waals surface area contributed by atoms with E-state index in [9.17, 15) is 4.39 Å². The molecule has 0 bridgehead atoms. The molecule has 28 heavy (non-hydrogen) atoms. The SMILES string of the molecule is COc1ccc(C2(N3CCC(c4noc5cc(F)ccc45)CC3)COC2)cc1. The van der Waals surface area contributed by atoms with Gasteiger partial charge in [0.2, 0.25) is 0 Å². The molecule has 1 aromatic heterocycles. The van der Waals surface area contributed by atoms with E-state index >= 15 is 0 Å². The minimum absolute atomic E-state index is 0.0493. The van der Waals surface area contributed by atoms with Crippen LogP contribution in [0.1, 0.15) is 30.0 Å². The van der Waals surface area contributed by atoms with Crippen LogP contribution in [0.2, 0.25) is 0 Å². The number of aromatic nitrogens is 1. The van der Waals surface area contributed by atoms with E-state index < -0.39 is 0 Å². The molecule has 2 aliphatic heterocycles. The van der Waals surface area contributed by atoms with Crippen molar-refractivity contribution in [3.63, 3.8) is 0 Å². The first kappa shape index (κ1) is 17.6. The first-order chi connectivity index (χ1) is 13.7. The number of likely N-dealkylation sites (tertiary alicyclic amines) is 1. The highest BCUT2D eigenvalue weighted by molar-refractivity contribution is 5.79. The van der Waals surface area contributed by atoms with Crippen LogP contribution in [-0.4, -0.2) is 43.5 Å². The fourth-order valence-corrected chi connectivity index (χ4v) is 4.53. The highest BCUT2D eigenvalue weighted by Gasteiger charge is 2.46. The molecule has 146 valence electrons. The highest BCUT2D eigenvalue weighted by Crippen LogP contribution is 2.41. The van der Waals surface area contributed by atoms with Crippen LogP contribution >= 0.6 is 0 Å². The monoisotopic (exact) mass is 382 g/mol. The smallest absolute Gasteiger partial charge is 0.170 e. The Labute approximate surface area is 163 Å². The van der Waals surface area contributed by atoms with Gasteiger partial charge in [0, 0.05) is 17.4 Å². The number of piperidine rings is 1. The number of hydrogen-bond donors (Lipinski definition) is 0. The van der Waals surface area contributed by atoms with Crippen molar-refractivity contribution in [3.8, 4) is 5.75 Å². The van der Waals surface area contributed by atoms with Gasteiger partial charge in [-0.25, -0.2) is 4.39 Å². The molecule has 2 fully saturated rings. The molecule has 5 nitrogen and oxygen atoms in total. The van der Waals surface area contributed by atoms with Crippen molar-refractivity contribution in [1.29, 1.82) is 0 Å². The number of benzene rings is 2. The van der Waals surface area contributed by atoms with E-state index in [0.29, 0.717) is 11.5 Å². The van der Waals surface area contributed by atoms with E-state index in [1.54, 1.807) is 13.2 Å². The predicted molar refractivity (Wildman–Crippen MR) is 103 cm³/mol. The molecule has 3 heterocycles. The van der Waals surface area contributed by atoms with Gasteiger partial charge in [0.05, 0.1) is 31.6 Å². The van der Waals surface area contributed by atoms with Gasteiger partial charge in [-0.05, 0) is 55.8 Å². The number of ether oxygens (including phenoxy) is 2. The number of fused-ring (bicyclic) bond motifs is 1. The van der Waals surface area contributed by atoms with Crippen molar-refractivity contribution in [1.82, 2.24) is 10.1 Å². The van der Waals surface area contributed by atoms with Crippen LogP contribution in [-0.2, 0) is 10.3 Å². The molecule has 6 heteroatoms. The molecule has 2 saturated heterocycles. The lowest BCUT2D eigenvalue weighted by Gasteiger charge is -2.52. The molecule has 0 radical (unpaired) electrons. The number of rotatable bonds is 4. The van der Waals surface area contributed by atoms with Gasteiger partial charge < -0.3 is 14.0 Å². The first-order valence-electron chi connectivity index (χ1n) is 9.72. The standard InChI is InChI=1S/C22H23FN2O3/c1-26-18-5-2-16(3-6-18)22(13-27-14-22)25-10-8-15(9-11-25)21-19-7-4-17(23)12-20(19)28-24-21/h2-7,12,15H,8-11,13-14H2,1H3. The number of hydrogen-bond acceptors (Lipinski definition) is 5. The van der Waals surface area contributed by atoms with Crippen LogP contribution < -0.4 is 4.74 Å². The third-order valence-corrected chi connectivity index (χ3v) is 6.26. The quantitative estimate of drug-likeness (QED) is 0.680. The summed E-state index contributed by atoms with van der Waals surface area (Å²) in [6, 6.07) is 13.0. The van der Waals surface area contributed by atoms with Crippen LogP contribution in [0.3, 0.4) is 0 Å². The summed E-state index contributed by atoms with van der Waals surface area (Å²) in [4.78, 5) is 2.54. The molecule has 0 saturated carbocycles. The Bertz CT molecular complexity index is 973. The molecular formula is C22H23FN2O3. The van der Waals surface area contributed by atoms with E-state index in [4.69, 9.17) is 14.0 Å². The topological polar surface area (TPSA) is 47.7 Å². The molecule has 5 rings (SSSR count). The minimum atomic E-state index is -0.295. The summed E-state index contributed by atoms with van der Waals surface area (Å²) in [6.45, 7) is 3.37. The van der Waals surface area contributed by atoms with E-state index in [0.717, 1.165) is 56.0 Å². The normalized spacial score (nSPS) is 20.2. The van der Waals surface area contributed by atoms with Gasteiger partial charge >= 0.3 is 0 Å². The van der Waals surface area contributed by atoms with Crippen molar-refractivity contribution >= 4 is 11.0 Å². The Balaban J connectivity index is 1.34. The maximum Gasteiger partial charge on any atom is 0.170 e. The van der Waals surface area contributed by atoms with E-state index in [2.05, 4.69) is 22.2 Å². The van der Waals surface area contributed by atoms with Gasteiger partial charge in [0.1, 0.15) is 11.6 Å². The van der Waals surface area contributed by atoms with Crippen LogP contribution in [0.4, 0.5) is 4.39 Å². The number of nitrogens with zero attached hydrogens (tertiary/aromatic N) is 2. The maximum atomic E-state index is 13.4. The molecule has 3 aromatic rings. The van der Waals surface area contributed by atoms with Crippen molar-refractivity contribution in [3.05, 3.63) is 59.5 Å². The fraction of sp³-hybridized carbons (Fsp3) is 0.409. The van der Waals surface area contributed by atoms with Gasteiger partial charge in [0.15, 0.2) is 5.58 Å². The molecular weight excluding hydrogens is 359 g/mol. The van der Waals surface area contributed by atoms with Crippen molar-refractivity contribution in [2.75, 3.05) is 33.4 Å². The lowest BCUT2D eigenvalue weighted by Crippen LogP contribution is -2.61. The highest BCUT2D eigenvalue weighted by atomic mass is 19.1. The summed E-state index contributed by atoms with van der Waals surface area (Å²) in [6.07, 6.45) is 1.99. The van der Waals surface area contributed by atoms with E-state index in [-0.39, 0.29) is 11.4 Å². The average molecular weight is 382 g/mol. The van der Waals surface area contributed by atoms with Gasteiger partial charge in [-0.3, -0.25) is 4.90 Å². The molecule has 0 unspecified atom stereocenters. The molecule has 0 atom stereocenters. The molecule has 0 spiro atoms. The summed E-state index contributed by atoms with van der Waals surface area (Å²) in [5.74, 6) is 0.903. The predicted octanol–water partition coefficient (Wildman–Crippen LogP) is 4.08. The Morgan fingerprint density at radius 2 is 1.86 bits per heavy atom. The average Bonchev–Trinajstić information content (AvgIpc) is 3.11. The summed E-state index contributed by atoms with van der Waals surface area (Å²) < 4.78 is 29.7. The lowest BCUT2D eigenvalue weighted by atomic mass is 9.82. The van der Waals surface area contributed by atoms with Gasteiger partial charge in [-0.2, -0.15) is 0 Å². The molecule has 2 aliphatic rings. The second-order valence-corrected chi connectivity index (χ2v) is 7.72. The second-order valence-electron chi connectivity index (χ2n) is 7.72. The van der Waals surface area contributed by atoms with Crippen molar-refractivity contribution in [2.24, 2.45) is 0 Å².